The zero-order chi connectivity index (χ0) is 2.71. The molecule has 0 aliphatic carbocycles. The molecule has 0 spiro atoms. The molecule has 0 amide bonds. The van der Waals surface area contributed by atoms with Gasteiger partial charge < -0.3 is 0 Å². The second-order valence-corrected chi connectivity index (χ2v) is 0.612. The summed E-state index contributed by atoms with van der Waals surface area (Å²) >= 11 is -2.02. The second kappa shape index (κ2) is 8.97. The normalized spacial score (nSPS) is 3.25. The fourth-order valence-corrected chi connectivity index (χ4v) is 0. The maximum atomic E-state index is 8.66. The molecular weight excluding hydrogens is 231 g/mol. The van der Waals surface area contributed by atoms with E-state index >= 15 is 0 Å². The predicted octanol–water partition coefficient (Wildman–Crippen LogP) is -0.479. The van der Waals surface area contributed by atoms with Crippen LogP contribution in [0.4, 0.5) is 0 Å². The van der Waals surface area contributed by atoms with Crippen LogP contribution in [-0.2, 0) is 3.08 Å². The number of hydrogen-bond donors (Lipinski definition) is 1. The molecule has 0 bridgehead atoms. The van der Waals surface area contributed by atoms with E-state index in [4.69, 9.17) is 6.52 Å². The third-order valence-electron chi connectivity index (χ3n) is 0. The SMILES string of the molecule is Br.[O]=[Sn][OH]. The quantitative estimate of drug-likeness (QED) is 0.573. The Labute approximate surface area is 45.1 Å². The molecule has 25 valence electrons. The van der Waals surface area contributed by atoms with E-state index < -0.39 is 21.5 Å². The summed E-state index contributed by atoms with van der Waals surface area (Å²) < 4.78 is 15.8. The Balaban J connectivity index is 0. The van der Waals surface area contributed by atoms with Crippen molar-refractivity contribution in [2.75, 3.05) is 0 Å². The maximum absolute atomic E-state index is 8.66. The molecule has 0 saturated carbocycles. The molecule has 0 aromatic carbocycles. The van der Waals surface area contributed by atoms with Crippen molar-refractivity contribution in [1.82, 2.24) is 0 Å². The molecule has 0 aromatic heterocycles. The van der Waals surface area contributed by atoms with Crippen LogP contribution in [0.1, 0.15) is 0 Å². The molecule has 0 aromatic rings. The van der Waals surface area contributed by atoms with Gasteiger partial charge in [0.15, 0.2) is 0 Å². The van der Waals surface area contributed by atoms with E-state index in [0.717, 1.165) is 0 Å². The average molecular weight is 233 g/mol. The molecule has 0 rings (SSSR count). The Hall–Kier alpha value is 1.04. The van der Waals surface area contributed by atoms with Gasteiger partial charge in [-0.3, -0.25) is 0 Å². The van der Waals surface area contributed by atoms with Crippen LogP contribution in [0.15, 0.2) is 0 Å². The summed E-state index contributed by atoms with van der Waals surface area (Å²) in [5, 5.41) is 0. The first-order valence-corrected chi connectivity index (χ1v) is 2.87. The van der Waals surface area contributed by atoms with Crippen molar-refractivity contribution in [1.29, 1.82) is 0 Å². The number of rotatable bonds is 0. The van der Waals surface area contributed by atoms with E-state index in [9.17, 15) is 0 Å². The summed E-state index contributed by atoms with van der Waals surface area (Å²) in [7, 11) is 0. The molecule has 0 atom stereocenters. The second-order valence-electron chi connectivity index (χ2n) is 0.0913. The molecule has 4 heavy (non-hydrogen) atoms. The predicted molar refractivity (Wildman–Crippen MR) is 19.0 cm³/mol. The topological polar surface area (TPSA) is 37.3 Å². The van der Waals surface area contributed by atoms with E-state index in [1.807, 2.05) is 0 Å². The first-order valence-electron chi connectivity index (χ1n) is 0.428. The zero-order valence-corrected chi connectivity index (χ0v) is 6.33. The van der Waals surface area contributed by atoms with Gasteiger partial charge in [-0.25, -0.2) is 0 Å². The summed E-state index contributed by atoms with van der Waals surface area (Å²) in [5.41, 5.74) is 0. The van der Waals surface area contributed by atoms with Gasteiger partial charge in [-0.15, -0.1) is 17.0 Å². The van der Waals surface area contributed by atoms with Crippen molar-refractivity contribution in [2.24, 2.45) is 0 Å². The van der Waals surface area contributed by atoms with Gasteiger partial charge in [-0.1, -0.05) is 0 Å². The third-order valence-corrected chi connectivity index (χ3v) is 0. The van der Waals surface area contributed by atoms with Gasteiger partial charge in [0.05, 0.1) is 0 Å². The van der Waals surface area contributed by atoms with Crippen molar-refractivity contribution < 1.29 is 6.52 Å². The molecule has 0 aliphatic rings. The van der Waals surface area contributed by atoms with E-state index in [0.29, 0.717) is 0 Å². The van der Waals surface area contributed by atoms with Crippen molar-refractivity contribution in [3.8, 4) is 0 Å². The van der Waals surface area contributed by atoms with Gasteiger partial charge in [0, 0.05) is 0 Å². The van der Waals surface area contributed by atoms with Crippen molar-refractivity contribution in [3.63, 3.8) is 0 Å². The van der Waals surface area contributed by atoms with Gasteiger partial charge in [0.1, 0.15) is 0 Å². The molecule has 4 heteroatoms. The Morgan fingerprint density at radius 2 is 1.75 bits per heavy atom. The fourth-order valence-electron chi connectivity index (χ4n) is 0. The Bertz CT molecular complexity index is 13.5. The Morgan fingerprint density at radius 3 is 1.75 bits per heavy atom. The molecule has 0 fully saturated rings. The standard InChI is InChI=1S/BrH.H2O.O.Sn/h1H;1H2;;/q;;;+1/p-1. The monoisotopic (exact) mass is 233 g/mol. The van der Waals surface area contributed by atoms with Crippen LogP contribution in [0.25, 0.3) is 0 Å². The molecular formula is H2BrO2Sn. The van der Waals surface area contributed by atoms with E-state index in [1.165, 1.54) is 0 Å². The van der Waals surface area contributed by atoms with Crippen LogP contribution >= 0.6 is 17.0 Å². The molecule has 0 heterocycles. The summed E-state index contributed by atoms with van der Waals surface area (Å²) in [6, 6.07) is 0. The van der Waals surface area contributed by atoms with Crippen LogP contribution in [0, 0.1) is 0 Å². The molecule has 0 aliphatic heterocycles. The molecule has 0 saturated heterocycles. The van der Waals surface area contributed by atoms with Crippen LogP contribution in [0.3, 0.4) is 0 Å². The molecule has 2 nitrogen and oxygen atoms in total. The summed E-state index contributed by atoms with van der Waals surface area (Å²) in [6.45, 7) is 0. The van der Waals surface area contributed by atoms with Crippen LogP contribution in [0.2, 0.25) is 0 Å². The van der Waals surface area contributed by atoms with Crippen molar-refractivity contribution in [2.45, 2.75) is 0 Å². The van der Waals surface area contributed by atoms with E-state index in [-0.39, 0.29) is 17.0 Å². The number of halogens is 1. The summed E-state index contributed by atoms with van der Waals surface area (Å²) in [4.78, 5) is 0. The first kappa shape index (κ1) is 8.90. The van der Waals surface area contributed by atoms with E-state index in [1.54, 1.807) is 0 Å². The van der Waals surface area contributed by atoms with Gasteiger partial charge in [-0.05, 0) is 0 Å². The van der Waals surface area contributed by atoms with Crippen molar-refractivity contribution >= 4 is 38.5 Å². The minimum atomic E-state index is -2.02. The molecule has 1 radical (unpaired) electrons. The molecule has 1 N–H and O–H groups in total. The number of hydrogen-bond acceptors (Lipinski definition) is 1. The van der Waals surface area contributed by atoms with Crippen LogP contribution < -0.4 is 0 Å². The van der Waals surface area contributed by atoms with Crippen LogP contribution in [0.5, 0.6) is 0 Å². The van der Waals surface area contributed by atoms with E-state index in [2.05, 4.69) is 0 Å². The van der Waals surface area contributed by atoms with Gasteiger partial charge >= 0.3 is 28.1 Å². The minimum absolute atomic E-state index is 0. The van der Waals surface area contributed by atoms with Gasteiger partial charge in [0.2, 0.25) is 0 Å². The third kappa shape index (κ3) is 11.7. The Kier molecular flexibility index (Phi) is 20.0. The zero-order valence-electron chi connectivity index (χ0n) is 1.76. The summed E-state index contributed by atoms with van der Waals surface area (Å²) in [5.74, 6) is 0. The van der Waals surface area contributed by atoms with Gasteiger partial charge in [0.25, 0.3) is 0 Å². The van der Waals surface area contributed by atoms with Gasteiger partial charge in [-0.2, -0.15) is 0 Å². The van der Waals surface area contributed by atoms with Crippen LogP contribution in [-0.4, -0.2) is 25.0 Å². The first-order chi connectivity index (χ1) is 1.41. The Morgan fingerprint density at radius 1 is 1.75 bits per heavy atom. The molecule has 0 unspecified atom stereocenters. The van der Waals surface area contributed by atoms with Crippen molar-refractivity contribution in [3.05, 3.63) is 0 Å². The average Bonchev–Trinajstić information content (AvgIpc) is 0.918. The summed E-state index contributed by atoms with van der Waals surface area (Å²) in [6.07, 6.45) is 0. The fraction of sp³-hybridized carbons (Fsp3) is 0.